The summed E-state index contributed by atoms with van der Waals surface area (Å²) >= 11 is 6.07. The number of carbonyl (C=O) groups is 1. The van der Waals surface area contributed by atoms with Crippen molar-refractivity contribution in [3.05, 3.63) is 46.6 Å². The number of piperidine rings is 1. The first-order valence-corrected chi connectivity index (χ1v) is 7.86. The number of halogens is 1. The molecule has 1 saturated heterocycles. The highest BCUT2D eigenvalue weighted by Gasteiger charge is 2.22. The molecule has 1 heterocycles. The van der Waals surface area contributed by atoms with Crippen LogP contribution in [0.2, 0.25) is 5.02 Å². The van der Waals surface area contributed by atoms with E-state index in [4.69, 9.17) is 11.6 Å². The fraction of sp³-hybridized carbons (Fsp3) is 0.412. The van der Waals surface area contributed by atoms with Crippen LogP contribution in [0.5, 0.6) is 0 Å². The summed E-state index contributed by atoms with van der Waals surface area (Å²) in [6, 6.07) is 9.47. The van der Waals surface area contributed by atoms with Gasteiger partial charge in [-0.15, -0.1) is 0 Å². The summed E-state index contributed by atoms with van der Waals surface area (Å²) in [4.78, 5) is 14.1. The Bertz CT molecular complexity index is 598. The van der Waals surface area contributed by atoms with Gasteiger partial charge >= 0.3 is 0 Å². The van der Waals surface area contributed by atoms with Crippen molar-refractivity contribution in [3.63, 3.8) is 0 Å². The van der Waals surface area contributed by atoms with Gasteiger partial charge in [-0.05, 0) is 30.4 Å². The first-order valence-electron chi connectivity index (χ1n) is 7.48. The molecule has 0 aromatic heterocycles. The molecule has 0 aliphatic carbocycles. The highest BCUT2D eigenvalue weighted by atomic mass is 35.5. The lowest BCUT2D eigenvalue weighted by molar-refractivity contribution is -0.128. The minimum absolute atomic E-state index is 0.140. The van der Waals surface area contributed by atoms with Crippen LogP contribution in [-0.4, -0.2) is 23.9 Å². The van der Waals surface area contributed by atoms with Gasteiger partial charge in [0.1, 0.15) is 11.6 Å². The standard InChI is InChI=1S/C17H20ClN3O/c1-13-6-8-21(9-7-13)17(22)15(10-19)12-20-11-14-4-2-3-5-16(14)18/h2-5,12-13,20H,6-9,11H2,1H3/b15-12-. The van der Waals surface area contributed by atoms with Gasteiger partial charge in [-0.1, -0.05) is 36.7 Å². The van der Waals surface area contributed by atoms with E-state index in [1.165, 1.54) is 6.20 Å². The normalized spacial score (nSPS) is 16.2. The van der Waals surface area contributed by atoms with Gasteiger partial charge in [-0.3, -0.25) is 4.79 Å². The molecule has 5 heteroatoms. The van der Waals surface area contributed by atoms with E-state index in [1.807, 2.05) is 30.3 Å². The lowest BCUT2D eigenvalue weighted by atomic mass is 9.99. The summed E-state index contributed by atoms with van der Waals surface area (Å²) in [5, 5.41) is 12.9. The maximum Gasteiger partial charge on any atom is 0.265 e. The molecule has 0 unspecified atom stereocenters. The van der Waals surface area contributed by atoms with E-state index in [2.05, 4.69) is 12.2 Å². The molecular weight excluding hydrogens is 298 g/mol. The number of hydrogen-bond donors (Lipinski definition) is 1. The maximum absolute atomic E-state index is 12.3. The van der Waals surface area contributed by atoms with E-state index in [0.717, 1.165) is 31.5 Å². The highest BCUT2D eigenvalue weighted by Crippen LogP contribution is 2.18. The topological polar surface area (TPSA) is 56.1 Å². The first-order chi connectivity index (χ1) is 10.6. The summed E-state index contributed by atoms with van der Waals surface area (Å²) in [5.41, 5.74) is 1.07. The Hall–Kier alpha value is -1.99. The Kier molecular flexibility index (Phi) is 5.85. The summed E-state index contributed by atoms with van der Waals surface area (Å²) < 4.78 is 0. The summed E-state index contributed by atoms with van der Waals surface area (Å²) in [6.07, 6.45) is 3.48. The minimum atomic E-state index is -0.193. The molecule has 1 aromatic rings. The quantitative estimate of drug-likeness (QED) is 0.686. The number of benzene rings is 1. The Morgan fingerprint density at radius 3 is 2.77 bits per heavy atom. The van der Waals surface area contributed by atoms with Crippen LogP contribution in [0.4, 0.5) is 0 Å². The number of carbonyl (C=O) groups excluding carboxylic acids is 1. The molecule has 2 rings (SSSR count). The van der Waals surface area contributed by atoms with Crippen molar-refractivity contribution in [2.75, 3.05) is 13.1 Å². The SMILES string of the molecule is CC1CCN(C(=O)/C(C#N)=C\NCc2ccccc2Cl)CC1. The minimum Gasteiger partial charge on any atom is -0.386 e. The fourth-order valence-electron chi connectivity index (χ4n) is 2.43. The number of hydrogen-bond acceptors (Lipinski definition) is 3. The van der Waals surface area contributed by atoms with Crippen molar-refractivity contribution in [3.8, 4) is 6.07 Å². The van der Waals surface area contributed by atoms with Crippen LogP contribution in [-0.2, 0) is 11.3 Å². The van der Waals surface area contributed by atoms with Crippen LogP contribution in [0, 0.1) is 17.2 Å². The molecule has 1 N–H and O–H groups in total. The zero-order chi connectivity index (χ0) is 15.9. The molecule has 4 nitrogen and oxygen atoms in total. The maximum atomic E-state index is 12.3. The Labute approximate surface area is 136 Å². The van der Waals surface area contributed by atoms with E-state index >= 15 is 0 Å². The molecule has 0 atom stereocenters. The predicted octanol–water partition coefficient (Wildman–Crippen LogP) is 3.10. The Morgan fingerprint density at radius 2 is 2.14 bits per heavy atom. The molecule has 1 aliphatic rings. The molecule has 22 heavy (non-hydrogen) atoms. The smallest absolute Gasteiger partial charge is 0.265 e. The second kappa shape index (κ2) is 7.86. The van der Waals surface area contributed by atoms with Crippen LogP contribution < -0.4 is 5.32 Å². The van der Waals surface area contributed by atoms with Gasteiger partial charge in [0.25, 0.3) is 5.91 Å². The van der Waals surface area contributed by atoms with E-state index in [-0.39, 0.29) is 11.5 Å². The van der Waals surface area contributed by atoms with Gasteiger partial charge < -0.3 is 10.2 Å². The van der Waals surface area contributed by atoms with Gasteiger partial charge in [0, 0.05) is 30.9 Å². The number of likely N-dealkylation sites (tertiary alicyclic amines) is 1. The summed E-state index contributed by atoms with van der Waals surface area (Å²) in [7, 11) is 0. The van der Waals surface area contributed by atoms with Crippen molar-refractivity contribution >= 4 is 17.5 Å². The van der Waals surface area contributed by atoms with Crippen molar-refractivity contribution in [2.24, 2.45) is 5.92 Å². The number of rotatable bonds is 4. The van der Waals surface area contributed by atoms with Crippen LogP contribution in [0.3, 0.4) is 0 Å². The van der Waals surface area contributed by atoms with Crippen molar-refractivity contribution in [1.82, 2.24) is 10.2 Å². The van der Waals surface area contributed by atoms with Crippen molar-refractivity contribution < 1.29 is 4.79 Å². The Morgan fingerprint density at radius 1 is 1.45 bits per heavy atom. The average Bonchev–Trinajstić information content (AvgIpc) is 2.53. The van der Waals surface area contributed by atoms with Crippen molar-refractivity contribution in [1.29, 1.82) is 5.26 Å². The molecule has 116 valence electrons. The van der Waals surface area contributed by atoms with E-state index in [0.29, 0.717) is 17.5 Å². The predicted molar refractivity (Wildman–Crippen MR) is 87.0 cm³/mol. The molecule has 1 amide bonds. The van der Waals surface area contributed by atoms with Gasteiger partial charge in [0.15, 0.2) is 0 Å². The van der Waals surface area contributed by atoms with Gasteiger partial charge in [-0.25, -0.2) is 0 Å². The third kappa shape index (κ3) is 4.25. The van der Waals surface area contributed by atoms with Crippen LogP contribution in [0.25, 0.3) is 0 Å². The molecular formula is C17H20ClN3O. The molecule has 1 fully saturated rings. The number of amides is 1. The van der Waals surface area contributed by atoms with E-state index < -0.39 is 0 Å². The zero-order valence-corrected chi connectivity index (χ0v) is 13.4. The Balaban J connectivity index is 1.95. The summed E-state index contributed by atoms with van der Waals surface area (Å²) in [5.74, 6) is 0.456. The number of nitrogens with zero attached hydrogens (tertiary/aromatic N) is 2. The first kappa shape index (κ1) is 16.4. The molecule has 1 aromatic carbocycles. The highest BCUT2D eigenvalue weighted by molar-refractivity contribution is 6.31. The second-order valence-electron chi connectivity index (χ2n) is 5.62. The molecule has 0 saturated carbocycles. The number of nitrogens with one attached hydrogen (secondary N) is 1. The molecule has 0 radical (unpaired) electrons. The second-order valence-corrected chi connectivity index (χ2v) is 6.02. The van der Waals surface area contributed by atoms with E-state index in [1.54, 1.807) is 4.90 Å². The largest absolute Gasteiger partial charge is 0.386 e. The third-order valence-corrected chi connectivity index (χ3v) is 4.29. The zero-order valence-electron chi connectivity index (χ0n) is 12.7. The fourth-order valence-corrected chi connectivity index (χ4v) is 2.63. The van der Waals surface area contributed by atoms with E-state index in [9.17, 15) is 10.1 Å². The lowest BCUT2D eigenvalue weighted by Gasteiger charge is -2.30. The molecule has 0 bridgehead atoms. The third-order valence-electron chi connectivity index (χ3n) is 3.92. The van der Waals surface area contributed by atoms with Crippen molar-refractivity contribution in [2.45, 2.75) is 26.3 Å². The average molecular weight is 318 g/mol. The van der Waals surface area contributed by atoms with Crippen LogP contribution in [0.15, 0.2) is 36.0 Å². The van der Waals surface area contributed by atoms with Crippen LogP contribution >= 0.6 is 11.6 Å². The van der Waals surface area contributed by atoms with Gasteiger partial charge in [0.2, 0.25) is 0 Å². The van der Waals surface area contributed by atoms with Crippen LogP contribution in [0.1, 0.15) is 25.3 Å². The molecule has 0 spiro atoms. The summed E-state index contributed by atoms with van der Waals surface area (Å²) in [6.45, 7) is 4.12. The molecule has 1 aliphatic heterocycles. The monoisotopic (exact) mass is 317 g/mol. The van der Waals surface area contributed by atoms with Gasteiger partial charge in [0.05, 0.1) is 0 Å². The lowest BCUT2D eigenvalue weighted by Crippen LogP contribution is -2.38. The number of nitriles is 1. The van der Waals surface area contributed by atoms with Gasteiger partial charge in [-0.2, -0.15) is 5.26 Å².